The molecule has 160 valence electrons. The fourth-order valence-corrected chi connectivity index (χ4v) is 5.08. The molecule has 7 nitrogen and oxygen atoms in total. The molecular formula is C21H23ClN2O5S. The number of hydrogen-bond acceptors (Lipinski definition) is 5. The molecule has 1 amide bonds. The van der Waals surface area contributed by atoms with Gasteiger partial charge in [-0.05, 0) is 57.0 Å². The van der Waals surface area contributed by atoms with Crippen LogP contribution < -0.4 is 5.32 Å². The van der Waals surface area contributed by atoms with Crippen LogP contribution in [0.15, 0.2) is 47.4 Å². The predicted octanol–water partition coefficient (Wildman–Crippen LogP) is 3.62. The second-order valence-electron chi connectivity index (χ2n) is 7.16. The standard InChI is InChI=1S/C21H23ClN2O5S/c1-14-5-8-17(9-6-14)23-20(25)15(2)29-21(26)16-7-10-18(22)19(13-16)30(27,28)24-11-3-4-12-24/h5-10,13,15H,3-4,11-12H2,1-2H3,(H,23,25)/t15-/m1/s1. The molecule has 2 aromatic carbocycles. The summed E-state index contributed by atoms with van der Waals surface area (Å²) in [4.78, 5) is 24.7. The number of halogens is 1. The number of ether oxygens (including phenoxy) is 1. The third kappa shape index (κ3) is 5.00. The Labute approximate surface area is 181 Å². The van der Waals surface area contributed by atoms with E-state index in [0.29, 0.717) is 18.8 Å². The molecule has 9 heteroatoms. The van der Waals surface area contributed by atoms with Gasteiger partial charge in [-0.1, -0.05) is 29.3 Å². The van der Waals surface area contributed by atoms with Gasteiger partial charge in [0.2, 0.25) is 10.0 Å². The molecule has 30 heavy (non-hydrogen) atoms. The Morgan fingerprint density at radius 2 is 1.73 bits per heavy atom. The van der Waals surface area contributed by atoms with Crippen LogP contribution in [-0.4, -0.2) is 43.8 Å². The highest BCUT2D eigenvalue weighted by atomic mass is 35.5. The Morgan fingerprint density at radius 1 is 1.10 bits per heavy atom. The minimum atomic E-state index is -3.80. The van der Waals surface area contributed by atoms with Crippen LogP contribution >= 0.6 is 11.6 Å². The zero-order valence-electron chi connectivity index (χ0n) is 16.7. The van der Waals surface area contributed by atoms with Crippen LogP contribution in [-0.2, 0) is 19.6 Å². The molecule has 1 aliphatic heterocycles. The second kappa shape index (κ2) is 9.16. The number of amides is 1. The first-order chi connectivity index (χ1) is 14.2. The normalized spacial score (nSPS) is 15.6. The van der Waals surface area contributed by atoms with Crippen LogP contribution in [0.4, 0.5) is 5.69 Å². The summed E-state index contributed by atoms with van der Waals surface area (Å²) in [6.45, 7) is 4.21. The lowest BCUT2D eigenvalue weighted by molar-refractivity contribution is -0.123. The zero-order chi connectivity index (χ0) is 21.9. The van der Waals surface area contributed by atoms with Gasteiger partial charge < -0.3 is 10.1 Å². The van der Waals surface area contributed by atoms with Gasteiger partial charge in [0, 0.05) is 18.8 Å². The van der Waals surface area contributed by atoms with Crippen molar-refractivity contribution < 1.29 is 22.7 Å². The molecule has 0 saturated carbocycles. The summed E-state index contributed by atoms with van der Waals surface area (Å²) < 4.78 is 32.2. The number of nitrogens with one attached hydrogen (secondary N) is 1. The number of nitrogens with zero attached hydrogens (tertiary/aromatic N) is 1. The molecule has 1 heterocycles. The molecule has 2 aromatic rings. The van der Waals surface area contributed by atoms with E-state index in [1.54, 1.807) is 12.1 Å². The molecule has 0 radical (unpaired) electrons. The maximum Gasteiger partial charge on any atom is 0.338 e. The van der Waals surface area contributed by atoms with E-state index in [0.717, 1.165) is 18.4 Å². The number of rotatable bonds is 6. The maximum atomic E-state index is 12.8. The highest BCUT2D eigenvalue weighted by Gasteiger charge is 2.30. The van der Waals surface area contributed by atoms with Crippen molar-refractivity contribution in [3.05, 3.63) is 58.6 Å². The number of sulfonamides is 1. The highest BCUT2D eigenvalue weighted by Crippen LogP contribution is 2.28. The summed E-state index contributed by atoms with van der Waals surface area (Å²) in [6, 6.07) is 11.1. The van der Waals surface area contributed by atoms with Gasteiger partial charge in [-0.3, -0.25) is 4.79 Å². The molecule has 0 bridgehead atoms. The smallest absolute Gasteiger partial charge is 0.338 e. The van der Waals surface area contributed by atoms with E-state index in [-0.39, 0.29) is 15.5 Å². The zero-order valence-corrected chi connectivity index (χ0v) is 18.3. The van der Waals surface area contributed by atoms with E-state index in [1.807, 2.05) is 19.1 Å². The monoisotopic (exact) mass is 450 g/mol. The summed E-state index contributed by atoms with van der Waals surface area (Å²) >= 11 is 6.10. The van der Waals surface area contributed by atoms with Crippen molar-refractivity contribution in [3.63, 3.8) is 0 Å². The van der Waals surface area contributed by atoms with Crippen LogP contribution in [0.2, 0.25) is 5.02 Å². The van der Waals surface area contributed by atoms with Gasteiger partial charge in [0.1, 0.15) is 4.90 Å². The fraction of sp³-hybridized carbons (Fsp3) is 0.333. The number of carbonyl (C=O) groups is 2. The molecule has 0 unspecified atom stereocenters. The minimum absolute atomic E-state index is 0.00663. The summed E-state index contributed by atoms with van der Waals surface area (Å²) in [7, 11) is -3.80. The van der Waals surface area contributed by atoms with Crippen molar-refractivity contribution in [1.29, 1.82) is 0 Å². The topological polar surface area (TPSA) is 92.8 Å². The molecule has 1 N–H and O–H groups in total. The first kappa shape index (κ1) is 22.3. The predicted molar refractivity (Wildman–Crippen MR) is 114 cm³/mol. The molecule has 0 aliphatic carbocycles. The lowest BCUT2D eigenvalue weighted by atomic mass is 10.2. The summed E-state index contributed by atoms with van der Waals surface area (Å²) in [5.41, 5.74) is 1.64. The average molecular weight is 451 g/mol. The summed E-state index contributed by atoms with van der Waals surface area (Å²) in [5.74, 6) is -1.30. The van der Waals surface area contributed by atoms with Crippen LogP contribution in [0.1, 0.15) is 35.7 Å². The van der Waals surface area contributed by atoms with E-state index in [2.05, 4.69) is 5.32 Å². The van der Waals surface area contributed by atoms with Gasteiger partial charge >= 0.3 is 5.97 Å². The Hall–Kier alpha value is -2.42. The van der Waals surface area contributed by atoms with Crippen molar-refractivity contribution in [2.75, 3.05) is 18.4 Å². The summed E-state index contributed by atoms with van der Waals surface area (Å²) in [6.07, 6.45) is 0.492. The van der Waals surface area contributed by atoms with E-state index in [1.165, 1.54) is 29.4 Å². The van der Waals surface area contributed by atoms with Crippen molar-refractivity contribution in [2.24, 2.45) is 0 Å². The number of aryl methyl sites for hydroxylation is 1. The maximum absolute atomic E-state index is 12.8. The van der Waals surface area contributed by atoms with Gasteiger partial charge in [-0.2, -0.15) is 4.31 Å². The molecule has 3 rings (SSSR count). The van der Waals surface area contributed by atoms with Crippen molar-refractivity contribution >= 4 is 39.2 Å². The fourth-order valence-electron chi connectivity index (χ4n) is 3.06. The largest absolute Gasteiger partial charge is 0.449 e. The van der Waals surface area contributed by atoms with Gasteiger partial charge in [-0.15, -0.1) is 0 Å². The van der Waals surface area contributed by atoms with Crippen molar-refractivity contribution in [1.82, 2.24) is 4.31 Å². The molecule has 0 aromatic heterocycles. The van der Waals surface area contributed by atoms with E-state index >= 15 is 0 Å². The van der Waals surface area contributed by atoms with Crippen molar-refractivity contribution in [3.8, 4) is 0 Å². The number of benzene rings is 2. The second-order valence-corrected chi connectivity index (χ2v) is 9.47. The molecular weight excluding hydrogens is 428 g/mol. The Morgan fingerprint density at radius 3 is 2.37 bits per heavy atom. The third-order valence-corrected chi connectivity index (χ3v) is 7.20. The van der Waals surface area contributed by atoms with Crippen LogP contribution in [0.25, 0.3) is 0 Å². The van der Waals surface area contributed by atoms with E-state index in [4.69, 9.17) is 16.3 Å². The van der Waals surface area contributed by atoms with Gasteiger partial charge in [-0.25, -0.2) is 13.2 Å². The lowest BCUT2D eigenvalue weighted by Crippen LogP contribution is -2.30. The van der Waals surface area contributed by atoms with E-state index in [9.17, 15) is 18.0 Å². The Kier molecular flexibility index (Phi) is 6.80. The van der Waals surface area contributed by atoms with Crippen molar-refractivity contribution in [2.45, 2.75) is 37.7 Å². The van der Waals surface area contributed by atoms with Gasteiger partial charge in [0.05, 0.1) is 10.6 Å². The van der Waals surface area contributed by atoms with Gasteiger partial charge in [0.25, 0.3) is 5.91 Å². The molecule has 1 saturated heterocycles. The van der Waals surface area contributed by atoms with Crippen LogP contribution in [0, 0.1) is 6.92 Å². The molecule has 1 fully saturated rings. The Balaban J connectivity index is 1.72. The van der Waals surface area contributed by atoms with Gasteiger partial charge in [0.15, 0.2) is 6.10 Å². The average Bonchev–Trinajstić information content (AvgIpc) is 3.25. The lowest BCUT2D eigenvalue weighted by Gasteiger charge is -2.17. The molecule has 1 atom stereocenters. The number of hydrogen-bond donors (Lipinski definition) is 1. The third-order valence-electron chi connectivity index (χ3n) is 4.82. The number of anilines is 1. The Bertz CT molecular complexity index is 1050. The highest BCUT2D eigenvalue weighted by molar-refractivity contribution is 7.89. The number of carbonyl (C=O) groups excluding carboxylic acids is 2. The van der Waals surface area contributed by atoms with Crippen LogP contribution in [0.5, 0.6) is 0 Å². The van der Waals surface area contributed by atoms with Crippen LogP contribution in [0.3, 0.4) is 0 Å². The molecule has 1 aliphatic rings. The first-order valence-corrected chi connectivity index (χ1v) is 11.4. The summed E-state index contributed by atoms with van der Waals surface area (Å²) in [5, 5.41) is 2.70. The first-order valence-electron chi connectivity index (χ1n) is 9.56. The SMILES string of the molecule is Cc1ccc(NC(=O)[C@@H](C)OC(=O)c2ccc(Cl)c(S(=O)(=O)N3CCCC3)c2)cc1. The minimum Gasteiger partial charge on any atom is -0.449 e. The quantitative estimate of drug-likeness (QED) is 0.678. The molecule has 0 spiro atoms. The van der Waals surface area contributed by atoms with E-state index < -0.39 is 28.0 Å². The number of esters is 1.